The highest BCUT2D eigenvalue weighted by Gasteiger charge is 2.31. The Bertz CT molecular complexity index is 875. The number of carbonyl (C=O) groups is 4. The Morgan fingerprint density at radius 2 is 1.02 bits per heavy atom. The van der Waals surface area contributed by atoms with Gasteiger partial charge in [-0.05, 0) is 68.2 Å². The lowest BCUT2D eigenvalue weighted by Gasteiger charge is -2.29. The molecule has 0 amide bonds. The number of rotatable bonds is 27. The molecule has 0 saturated carbocycles. The maximum absolute atomic E-state index is 12.5. The topological polar surface area (TPSA) is 148 Å². The van der Waals surface area contributed by atoms with Crippen LogP contribution in [0.3, 0.4) is 0 Å². The molecule has 0 radical (unpaired) electrons. The number of ether oxygens (including phenoxy) is 7. The first-order valence-corrected chi connectivity index (χ1v) is 15.9. The minimum Gasteiger partial charge on any atom is -0.460 e. The van der Waals surface area contributed by atoms with E-state index in [1.807, 2.05) is 0 Å². The largest absolute Gasteiger partial charge is 0.460 e. The Morgan fingerprint density at radius 3 is 1.42 bits per heavy atom. The molecule has 0 fully saturated rings. The van der Waals surface area contributed by atoms with E-state index in [0.717, 1.165) is 0 Å². The first-order valence-electron chi connectivity index (χ1n) is 15.5. The van der Waals surface area contributed by atoms with Crippen LogP contribution in [-0.2, 0) is 64.8 Å². The Kier molecular flexibility index (Phi) is 23.0. The van der Waals surface area contributed by atoms with Gasteiger partial charge in [-0.2, -0.15) is 0 Å². The SMILES string of the molecule is CC(=O)C[C@H](CCCOCCOCCOCCOCCOCCN(N=S)[C@@H](CC(C)=O)C(=O)OC(C)(C)C)C(=O)OC(C)(C)C. The molecule has 0 aliphatic carbocycles. The lowest BCUT2D eigenvalue weighted by molar-refractivity contribution is -0.163. The van der Waals surface area contributed by atoms with Crippen molar-refractivity contribution in [2.75, 3.05) is 72.6 Å². The van der Waals surface area contributed by atoms with E-state index in [4.69, 9.17) is 45.6 Å². The van der Waals surface area contributed by atoms with Crippen LogP contribution in [-0.4, -0.2) is 118 Å². The monoisotopic (exact) mass is 664 g/mol. The van der Waals surface area contributed by atoms with Gasteiger partial charge in [0, 0.05) is 19.4 Å². The number of ketones is 2. The van der Waals surface area contributed by atoms with Crippen molar-refractivity contribution in [3.05, 3.63) is 0 Å². The Morgan fingerprint density at radius 1 is 0.622 bits per heavy atom. The fourth-order valence-electron chi connectivity index (χ4n) is 3.81. The first-order chi connectivity index (χ1) is 21.1. The number of nitrogens with zero attached hydrogens (tertiary/aromatic N) is 2. The molecule has 0 unspecified atom stereocenters. The predicted octanol–water partition coefficient (Wildman–Crippen LogP) is 3.42. The lowest BCUT2D eigenvalue weighted by atomic mass is 9.97. The van der Waals surface area contributed by atoms with E-state index in [9.17, 15) is 19.2 Å². The van der Waals surface area contributed by atoms with Gasteiger partial charge >= 0.3 is 11.9 Å². The maximum atomic E-state index is 12.5. The third kappa shape index (κ3) is 25.7. The Hall–Kier alpha value is -2.10. The van der Waals surface area contributed by atoms with E-state index in [0.29, 0.717) is 72.3 Å². The number of hydrogen-bond acceptors (Lipinski definition) is 13. The summed E-state index contributed by atoms with van der Waals surface area (Å²) in [5, 5.41) is 1.34. The van der Waals surface area contributed by atoms with Gasteiger partial charge in [0.15, 0.2) is 6.04 Å². The molecule has 262 valence electrons. The van der Waals surface area contributed by atoms with Gasteiger partial charge < -0.3 is 38.0 Å². The fraction of sp³-hybridized carbons (Fsp3) is 0.871. The van der Waals surface area contributed by atoms with Crippen LogP contribution in [0, 0.1) is 5.92 Å². The molecule has 45 heavy (non-hydrogen) atoms. The van der Waals surface area contributed by atoms with Crippen molar-refractivity contribution < 1.29 is 52.3 Å². The van der Waals surface area contributed by atoms with Crippen LogP contribution in [0.15, 0.2) is 4.47 Å². The van der Waals surface area contributed by atoms with E-state index in [2.05, 4.69) is 4.47 Å². The summed E-state index contributed by atoms with van der Waals surface area (Å²) in [5.74, 6) is -1.57. The van der Waals surface area contributed by atoms with Gasteiger partial charge in [-0.3, -0.25) is 14.6 Å². The Balaban J connectivity index is 3.85. The minimum absolute atomic E-state index is 0.0396. The summed E-state index contributed by atoms with van der Waals surface area (Å²) in [7, 11) is 0. The predicted molar refractivity (Wildman–Crippen MR) is 169 cm³/mol. The van der Waals surface area contributed by atoms with Gasteiger partial charge in [0.2, 0.25) is 0 Å². The lowest BCUT2D eigenvalue weighted by Crippen LogP contribution is -2.44. The zero-order valence-corrected chi connectivity index (χ0v) is 29.4. The smallest absolute Gasteiger partial charge is 0.331 e. The second-order valence-corrected chi connectivity index (χ2v) is 12.7. The van der Waals surface area contributed by atoms with Crippen LogP contribution in [0.5, 0.6) is 0 Å². The van der Waals surface area contributed by atoms with E-state index < -0.39 is 29.1 Å². The van der Waals surface area contributed by atoms with Gasteiger partial charge in [0.1, 0.15) is 22.8 Å². The van der Waals surface area contributed by atoms with E-state index in [1.165, 1.54) is 18.9 Å². The molecule has 0 aromatic carbocycles. The second kappa shape index (κ2) is 24.1. The van der Waals surface area contributed by atoms with Gasteiger partial charge in [-0.25, -0.2) is 4.79 Å². The van der Waals surface area contributed by atoms with Crippen LogP contribution in [0.4, 0.5) is 0 Å². The molecule has 0 aromatic rings. The third-order valence-corrected chi connectivity index (χ3v) is 5.90. The molecule has 0 aliphatic rings. The molecule has 0 heterocycles. The Labute approximate surface area is 274 Å². The maximum Gasteiger partial charge on any atom is 0.331 e. The number of esters is 2. The molecular formula is C31H56N2O11S. The van der Waals surface area contributed by atoms with Crippen molar-refractivity contribution in [2.24, 2.45) is 10.4 Å². The van der Waals surface area contributed by atoms with E-state index in [-0.39, 0.29) is 43.5 Å². The molecule has 0 bridgehead atoms. The first kappa shape index (κ1) is 42.9. The number of Topliss-reactive ketones (excluding diaryl/α,β-unsaturated/α-hetero) is 2. The van der Waals surface area contributed by atoms with Gasteiger partial charge in [0.25, 0.3) is 0 Å². The van der Waals surface area contributed by atoms with Crippen molar-refractivity contribution in [1.82, 2.24) is 5.01 Å². The van der Waals surface area contributed by atoms with Crippen LogP contribution in [0.1, 0.15) is 81.1 Å². The molecule has 13 nitrogen and oxygen atoms in total. The van der Waals surface area contributed by atoms with Crippen LogP contribution >= 0.6 is 0 Å². The molecule has 2 atom stereocenters. The molecule has 0 spiro atoms. The summed E-state index contributed by atoms with van der Waals surface area (Å²) >= 11 is 4.82. The van der Waals surface area contributed by atoms with E-state index in [1.54, 1.807) is 41.5 Å². The minimum atomic E-state index is -0.901. The van der Waals surface area contributed by atoms with Gasteiger partial charge in [-0.15, -0.1) is 4.47 Å². The molecule has 14 heteroatoms. The van der Waals surface area contributed by atoms with Crippen molar-refractivity contribution in [3.8, 4) is 0 Å². The highest BCUT2D eigenvalue weighted by atomic mass is 32.1. The average Bonchev–Trinajstić information content (AvgIpc) is 2.90. The zero-order valence-electron chi connectivity index (χ0n) is 28.6. The van der Waals surface area contributed by atoms with Gasteiger partial charge in [0.05, 0.1) is 84.3 Å². The van der Waals surface area contributed by atoms with Crippen molar-refractivity contribution in [1.29, 1.82) is 0 Å². The molecule has 0 rings (SSSR count). The average molecular weight is 665 g/mol. The number of carbonyl (C=O) groups excluding carboxylic acids is 4. The molecule has 0 N–H and O–H groups in total. The van der Waals surface area contributed by atoms with Crippen LogP contribution in [0.25, 0.3) is 0 Å². The van der Waals surface area contributed by atoms with Crippen LogP contribution in [0.2, 0.25) is 0 Å². The summed E-state index contributed by atoms with van der Waals surface area (Å²) in [6.07, 6.45) is 1.29. The van der Waals surface area contributed by atoms with E-state index >= 15 is 0 Å². The quantitative estimate of drug-likeness (QED) is 0.0718. The van der Waals surface area contributed by atoms with Crippen LogP contribution < -0.4 is 0 Å². The van der Waals surface area contributed by atoms with Gasteiger partial charge in [-0.1, -0.05) is 0 Å². The fourth-order valence-corrected chi connectivity index (χ4v) is 4.01. The zero-order chi connectivity index (χ0) is 34.3. The molecule has 0 aliphatic heterocycles. The molecular weight excluding hydrogens is 608 g/mol. The normalized spacial score (nSPS) is 13.2. The summed E-state index contributed by atoms with van der Waals surface area (Å²) in [6.45, 7) is 17.6. The van der Waals surface area contributed by atoms with Crippen molar-refractivity contribution in [3.63, 3.8) is 0 Å². The highest BCUT2D eigenvalue weighted by Crippen LogP contribution is 2.19. The van der Waals surface area contributed by atoms with Crippen molar-refractivity contribution in [2.45, 2.75) is 98.3 Å². The summed E-state index contributed by atoms with van der Waals surface area (Å²) in [5.41, 5.74) is -1.29. The molecule has 0 aromatic heterocycles. The standard InChI is InChI=1S/C31H56N2O11S/c1-24(34)22-26(28(36)43-30(3,4)5)10-9-12-38-14-16-40-18-20-42-21-19-41-17-15-39-13-11-33(32-45)27(23-25(2)35)29(37)44-31(6,7)8/h26-27H,9-23H2,1-8H3/t26-,27-/m0/s1. The number of hydrogen-bond donors (Lipinski definition) is 0. The molecule has 0 saturated heterocycles. The second-order valence-electron chi connectivity index (χ2n) is 12.5. The summed E-state index contributed by atoms with van der Waals surface area (Å²) in [6, 6.07) is -0.901. The third-order valence-electron chi connectivity index (χ3n) is 5.69. The summed E-state index contributed by atoms with van der Waals surface area (Å²) in [4.78, 5) is 48.0. The summed E-state index contributed by atoms with van der Waals surface area (Å²) < 4.78 is 42.1. The highest BCUT2D eigenvalue weighted by molar-refractivity contribution is 7.47. The van der Waals surface area contributed by atoms with Crippen molar-refractivity contribution >= 4 is 35.9 Å².